The fraction of sp³-hybridized carbons (Fsp3) is 1.00. The molecule has 0 radical (unpaired) electrons. The summed E-state index contributed by atoms with van der Waals surface area (Å²) in [5.74, 6) is 1.07. The van der Waals surface area contributed by atoms with Gasteiger partial charge in [0.1, 0.15) is 0 Å². The first-order valence-electron chi connectivity index (χ1n) is 7.53. The number of piperidine rings is 1. The third kappa shape index (κ3) is 3.48. The molecule has 0 aromatic carbocycles. The molecule has 0 aromatic heterocycles. The highest BCUT2D eigenvalue weighted by atomic mass is 32.2. The molecule has 1 aliphatic carbocycles. The van der Waals surface area contributed by atoms with Gasteiger partial charge in [0.25, 0.3) is 10.2 Å². The van der Waals surface area contributed by atoms with E-state index >= 15 is 0 Å². The van der Waals surface area contributed by atoms with Crippen LogP contribution in [0.4, 0.5) is 0 Å². The van der Waals surface area contributed by atoms with Gasteiger partial charge in [0.15, 0.2) is 0 Å². The standard InChI is InChI=1S/C13H27N3O2S/c1-2-15(11-13-4-3-5-13)19(17,18)16-8-6-12(10-14)7-9-16/h12-13H,2-11,14H2,1H3. The van der Waals surface area contributed by atoms with Gasteiger partial charge in [-0.1, -0.05) is 13.3 Å². The predicted octanol–water partition coefficient (Wildman–Crippen LogP) is 1.02. The molecule has 0 bridgehead atoms. The summed E-state index contributed by atoms with van der Waals surface area (Å²) in [6.45, 7) is 5.15. The van der Waals surface area contributed by atoms with Gasteiger partial charge in [-0.2, -0.15) is 17.0 Å². The second-order valence-corrected chi connectivity index (χ2v) is 7.76. The number of nitrogens with zero attached hydrogens (tertiary/aromatic N) is 2. The fourth-order valence-corrected chi connectivity index (χ4v) is 4.61. The molecule has 2 rings (SSSR count). The molecule has 5 nitrogen and oxygen atoms in total. The monoisotopic (exact) mass is 289 g/mol. The third-order valence-corrected chi connectivity index (χ3v) is 6.68. The van der Waals surface area contributed by atoms with E-state index in [4.69, 9.17) is 5.73 Å². The Morgan fingerprint density at radius 2 is 1.79 bits per heavy atom. The predicted molar refractivity (Wildman–Crippen MR) is 76.9 cm³/mol. The van der Waals surface area contributed by atoms with E-state index in [1.807, 2.05) is 6.92 Å². The summed E-state index contributed by atoms with van der Waals surface area (Å²) < 4.78 is 28.5. The molecule has 1 saturated carbocycles. The Morgan fingerprint density at radius 3 is 2.21 bits per heavy atom. The minimum atomic E-state index is -3.25. The van der Waals surface area contributed by atoms with E-state index in [1.54, 1.807) is 8.61 Å². The Morgan fingerprint density at radius 1 is 1.16 bits per heavy atom. The van der Waals surface area contributed by atoms with Gasteiger partial charge < -0.3 is 5.73 Å². The van der Waals surface area contributed by atoms with Crippen LogP contribution in [0.1, 0.15) is 39.0 Å². The summed E-state index contributed by atoms with van der Waals surface area (Å²) in [4.78, 5) is 0. The summed E-state index contributed by atoms with van der Waals surface area (Å²) in [5, 5.41) is 0. The van der Waals surface area contributed by atoms with E-state index in [9.17, 15) is 8.42 Å². The molecule has 0 spiro atoms. The van der Waals surface area contributed by atoms with E-state index in [1.165, 1.54) is 19.3 Å². The van der Waals surface area contributed by atoms with Crippen molar-refractivity contribution in [3.63, 3.8) is 0 Å². The van der Waals surface area contributed by atoms with Crippen molar-refractivity contribution in [2.45, 2.75) is 39.0 Å². The van der Waals surface area contributed by atoms with Crippen molar-refractivity contribution in [1.29, 1.82) is 0 Å². The third-order valence-electron chi connectivity index (χ3n) is 4.60. The van der Waals surface area contributed by atoms with Crippen LogP contribution in [0, 0.1) is 11.8 Å². The van der Waals surface area contributed by atoms with Crippen LogP contribution in [-0.4, -0.2) is 49.8 Å². The Labute approximate surface area is 117 Å². The number of nitrogens with two attached hydrogens (primary N) is 1. The van der Waals surface area contributed by atoms with Crippen molar-refractivity contribution >= 4 is 10.2 Å². The van der Waals surface area contributed by atoms with Crippen LogP contribution in [-0.2, 0) is 10.2 Å². The van der Waals surface area contributed by atoms with Crippen LogP contribution >= 0.6 is 0 Å². The second kappa shape index (κ2) is 6.52. The first-order chi connectivity index (χ1) is 9.07. The maximum atomic E-state index is 12.6. The molecule has 1 saturated heterocycles. The molecule has 6 heteroatoms. The summed E-state index contributed by atoms with van der Waals surface area (Å²) >= 11 is 0. The minimum absolute atomic E-state index is 0.494. The molecule has 2 N–H and O–H groups in total. The average Bonchev–Trinajstić information content (AvgIpc) is 2.37. The normalized spacial score (nSPS) is 23.7. The second-order valence-electron chi connectivity index (χ2n) is 5.83. The zero-order valence-corrected chi connectivity index (χ0v) is 12.7. The molecule has 0 unspecified atom stereocenters. The maximum Gasteiger partial charge on any atom is 0.281 e. The van der Waals surface area contributed by atoms with Gasteiger partial charge in [0.2, 0.25) is 0 Å². The van der Waals surface area contributed by atoms with Gasteiger partial charge in [-0.25, -0.2) is 0 Å². The fourth-order valence-electron chi connectivity index (χ4n) is 2.89. The lowest BCUT2D eigenvalue weighted by molar-refractivity contribution is 0.222. The zero-order chi connectivity index (χ0) is 13.9. The van der Waals surface area contributed by atoms with E-state index in [-0.39, 0.29) is 0 Å². The van der Waals surface area contributed by atoms with Gasteiger partial charge in [-0.05, 0) is 44.1 Å². The smallest absolute Gasteiger partial charge is 0.281 e. The van der Waals surface area contributed by atoms with Crippen molar-refractivity contribution in [3.05, 3.63) is 0 Å². The summed E-state index contributed by atoms with van der Waals surface area (Å²) in [5.41, 5.74) is 5.66. The number of hydrogen-bond acceptors (Lipinski definition) is 3. The summed E-state index contributed by atoms with van der Waals surface area (Å²) in [6, 6.07) is 0. The lowest BCUT2D eigenvalue weighted by atomic mass is 9.85. The van der Waals surface area contributed by atoms with Crippen LogP contribution < -0.4 is 5.73 Å². The van der Waals surface area contributed by atoms with E-state index in [2.05, 4.69) is 0 Å². The van der Waals surface area contributed by atoms with Gasteiger partial charge in [0.05, 0.1) is 0 Å². The number of rotatable bonds is 6. The molecule has 1 heterocycles. The van der Waals surface area contributed by atoms with Crippen molar-refractivity contribution in [1.82, 2.24) is 8.61 Å². The van der Waals surface area contributed by atoms with Crippen molar-refractivity contribution in [2.24, 2.45) is 17.6 Å². The number of hydrogen-bond donors (Lipinski definition) is 1. The molecule has 2 fully saturated rings. The molecule has 112 valence electrons. The Bertz CT molecular complexity index is 373. The molecule has 0 atom stereocenters. The zero-order valence-electron chi connectivity index (χ0n) is 11.9. The van der Waals surface area contributed by atoms with Gasteiger partial charge in [0, 0.05) is 26.2 Å². The Hall–Kier alpha value is -0.170. The van der Waals surface area contributed by atoms with Crippen molar-refractivity contribution in [2.75, 3.05) is 32.7 Å². The van der Waals surface area contributed by atoms with Gasteiger partial charge in [-0.3, -0.25) is 0 Å². The highest BCUT2D eigenvalue weighted by Gasteiger charge is 2.33. The largest absolute Gasteiger partial charge is 0.330 e. The van der Waals surface area contributed by atoms with Crippen LogP contribution in [0.5, 0.6) is 0 Å². The summed E-state index contributed by atoms with van der Waals surface area (Å²) in [6.07, 6.45) is 5.42. The first-order valence-corrected chi connectivity index (χ1v) is 8.93. The lowest BCUT2D eigenvalue weighted by Gasteiger charge is -2.37. The van der Waals surface area contributed by atoms with Crippen molar-refractivity contribution < 1.29 is 8.42 Å². The Kier molecular flexibility index (Phi) is 5.22. The van der Waals surface area contributed by atoms with Crippen LogP contribution in [0.3, 0.4) is 0 Å². The van der Waals surface area contributed by atoms with E-state index in [0.29, 0.717) is 44.6 Å². The molecule has 1 aliphatic heterocycles. The van der Waals surface area contributed by atoms with Crippen LogP contribution in [0.25, 0.3) is 0 Å². The first kappa shape index (κ1) is 15.2. The quantitative estimate of drug-likeness (QED) is 0.794. The highest BCUT2D eigenvalue weighted by Crippen LogP contribution is 2.29. The van der Waals surface area contributed by atoms with Crippen LogP contribution in [0.2, 0.25) is 0 Å². The maximum absolute atomic E-state index is 12.6. The lowest BCUT2D eigenvalue weighted by Crippen LogP contribution is -2.49. The van der Waals surface area contributed by atoms with E-state index < -0.39 is 10.2 Å². The molecule has 0 aromatic rings. The molecule has 19 heavy (non-hydrogen) atoms. The topological polar surface area (TPSA) is 66.6 Å². The van der Waals surface area contributed by atoms with Crippen molar-refractivity contribution in [3.8, 4) is 0 Å². The van der Waals surface area contributed by atoms with Gasteiger partial charge >= 0.3 is 0 Å². The highest BCUT2D eigenvalue weighted by molar-refractivity contribution is 7.86. The average molecular weight is 289 g/mol. The SMILES string of the molecule is CCN(CC1CCC1)S(=O)(=O)N1CCC(CN)CC1. The molecule has 2 aliphatic rings. The van der Waals surface area contributed by atoms with E-state index in [0.717, 1.165) is 12.8 Å². The minimum Gasteiger partial charge on any atom is -0.330 e. The van der Waals surface area contributed by atoms with Gasteiger partial charge in [-0.15, -0.1) is 0 Å². The molecular weight excluding hydrogens is 262 g/mol. The summed E-state index contributed by atoms with van der Waals surface area (Å²) in [7, 11) is -3.25. The Balaban J connectivity index is 1.95. The van der Waals surface area contributed by atoms with Crippen LogP contribution in [0.15, 0.2) is 0 Å². The molecule has 0 amide bonds. The molecular formula is C13H27N3O2S.